The SMILES string of the molecule is Cc1ncsc1-c1ccc(C(CO)NC(=O)[C@@H]2C[C@@H](O)CC2C(=O)[C@@H](NC(=O)CCN(C)C(=O)c2ccc(COc3c(-c4c(C)c(F)cc5c4cnn5C4CCCCO4)c(C4CC4)cc4c(N5C[C@@H]6C[C@H]5CN6C(=O)OC(C)(C)C)nc(OC5CCOCC5)nc34)cc2)C(C)C)cc1. The van der Waals surface area contributed by atoms with Gasteiger partial charge in [-0.05, 0) is 144 Å². The highest BCUT2D eigenvalue weighted by Crippen LogP contribution is 2.54. The third kappa shape index (κ3) is 14.4. The highest BCUT2D eigenvalue weighted by atomic mass is 32.1. The summed E-state index contributed by atoms with van der Waals surface area (Å²) in [6, 6.07) is 16.5. The van der Waals surface area contributed by atoms with Crippen LogP contribution in [-0.2, 0) is 35.2 Å². The molecule has 22 nitrogen and oxygen atoms in total. The molecule has 2 bridgehead atoms. The summed E-state index contributed by atoms with van der Waals surface area (Å²) in [7, 11) is 1.61. The summed E-state index contributed by atoms with van der Waals surface area (Å²) < 4.78 is 50.6. The largest absolute Gasteiger partial charge is 0.486 e. The first-order valence-corrected chi connectivity index (χ1v) is 35.5. The van der Waals surface area contributed by atoms with E-state index in [4.69, 9.17) is 38.8 Å². The maximum absolute atomic E-state index is 17.0. The number of carbonyl (C=O) groups is 5. The number of piperazine rings is 1. The van der Waals surface area contributed by atoms with E-state index in [1.54, 1.807) is 62.4 Å². The number of rotatable bonds is 22. The summed E-state index contributed by atoms with van der Waals surface area (Å²) in [5, 5.41) is 33.5. The smallest absolute Gasteiger partial charge is 0.410 e. The number of ether oxygens (including phenoxy) is 5. The van der Waals surface area contributed by atoms with E-state index in [2.05, 4.69) is 26.6 Å². The molecule has 4 aliphatic heterocycles. The quantitative estimate of drug-likeness (QED) is 0.0491. The maximum Gasteiger partial charge on any atom is 0.410 e. The topological polar surface area (TPSA) is 262 Å². The Morgan fingerprint density at radius 2 is 1.62 bits per heavy atom. The van der Waals surface area contributed by atoms with E-state index in [0.29, 0.717) is 96.2 Å². The number of likely N-dealkylation sites (tertiary alicyclic amines) is 1. The van der Waals surface area contributed by atoms with Gasteiger partial charge in [0.1, 0.15) is 35.5 Å². The van der Waals surface area contributed by atoms with Gasteiger partial charge in [-0.15, -0.1) is 11.3 Å². The van der Waals surface area contributed by atoms with E-state index in [-0.39, 0.29) is 99.1 Å². The summed E-state index contributed by atoms with van der Waals surface area (Å²) in [4.78, 5) is 91.4. The Bertz CT molecular complexity index is 4120. The number of nitrogens with one attached hydrogen (secondary N) is 2. The zero-order valence-corrected chi connectivity index (χ0v) is 57.9. The van der Waals surface area contributed by atoms with Gasteiger partial charge in [0.2, 0.25) is 11.8 Å². The molecule has 6 fully saturated rings. The summed E-state index contributed by atoms with van der Waals surface area (Å²) in [5.74, 6) is -3.03. The van der Waals surface area contributed by atoms with E-state index in [0.717, 1.165) is 76.6 Å². The van der Waals surface area contributed by atoms with Crippen molar-refractivity contribution >= 4 is 68.6 Å². The molecule has 2 saturated carbocycles. The second kappa shape index (κ2) is 28.6. The van der Waals surface area contributed by atoms with Crippen LogP contribution < -0.4 is 25.0 Å². The van der Waals surface area contributed by atoms with Crippen LogP contribution in [0.5, 0.6) is 11.8 Å². The molecule has 7 aromatic rings. The minimum atomic E-state index is -0.981. The summed E-state index contributed by atoms with van der Waals surface area (Å²) in [5.41, 5.74) is 8.55. The van der Waals surface area contributed by atoms with Gasteiger partial charge in [0.15, 0.2) is 17.8 Å². The number of amides is 4. The van der Waals surface area contributed by atoms with Gasteiger partial charge in [-0.3, -0.25) is 19.2 Å². The lowest BCUT2D eigenvalue weighted by atomic mass is 9.84. The predicted octanol–water partition coefficient (Wildman–Crippen LogP) is 10.8. The first-order chi connectivity index (χ1) is 47.1. The van der Waals surface area contributed by atoms with Crippen molar-refractivity contribution in [3.8, 4) is 33.3 Å². The Morgan fingerprint density at radius 3 is 2.29 bits per heavy atom. The summed E-state index contributed by atoms with van der Waals surface area (Å²) >= 11 is 1.52. The molecule has 98 heavy (non-hydrogen) atoms. The number of hydrogen-bond donors (Lipinski definition) is 4. The van der Waals surface area contributed by atoms with Crippen LogP contribution in [0.2, 0.25) is 0 Å². The second-order valence-electron chi connectivity index (χ2n) is 28.8. The standard InChI is InChI=1S/C74H89FN10O12S/c1-40(2)64(66(89)53-30-50(87)31-54(53)70(90)78-58(37-86)45-18-20-46(21-19-45)68-42(4)76-39-98-68)79-60(88)22-25-82(8)71(91)47-14-12-43(13-15-47)38-95-67-63(62-41(3)57(75)33-59-56(62)34-77-85(59)61-11-9-10-26-94-61)52(44-16-17-44)32-55-65(67)80-72(96-51-23-27-93-28-24-51)81-69(55)83-35-49-29-48(83)36-84(49)73(92)97-74(5,6)7/h12-15,18-21,32-34,39-40,44,48-51,53-54,58,61,64,86-87H,9-11,16-17,22-31,35-38H2,1-8H3,(H,78,90)(H,79,88)/t48-,49-,50-,53?,54+,58?,61?,64-/m0/s1. The third-order valence-electron chi connectivity index (χ3n) is 20.3. The highest BCUT2D eigenvalue weighted by Gasteiger charge is 2.49. The fourth-order valence-corrected chi connectivity index (χ4v) is 15.7. The van der Waals surface area contributed by atoms with Crippen LogP contribution in [0.15, 0.2) is 72.4 Å². The number of halogens is 1. The Hall–Kier alpha value is -8.16. The molecule has 4 aromatic carbocycles. The molecule has 13 rings (SSSR count). The van der Waals surface area contributed by atoms with Crippen molar-refractivity contribution < 1.29 is 62.3 Å². The minimum absolute atomic E-state index is 0.00937. The lowest BCUT2D eigenvalue weighted by Crippen LogP contribution is -2.50. The molecule has 4 amide bonds. The van der Waals surface area contributed by atoms with Crippen LogP contribution in [0, 0.1) is 37.4 Å². The van der Waals surface area contributed by atoms with Crippen molar-refractivity contribution in [2.45, 2.75) is 180 Å². The maximum atomic E-state index is 17.0. The normalized spacial score (nSPS) is 21.8. The van der Waals surface area contributed by atoms with E-state index in [1.165, 1.54) is 16.2 Å². The van der Waals surface area contributed by atoms with Crippen LogP contribution in [0.3, 0.4) is 0 Å². The minimum Gasteiger partial charge on any atom is -0.486 e. The van der Waals surface area contributed by atoms with Crippen LogP contribution >= 0.6 is 11.3 Å². The van der Waals surface area contributed by atoms with Crippen LogP contribution in [-0.4, -0.2) is 163 Å². The molecule has 2 aliphatic carbocycles. The fourth-order valence-electron chi connectivity index (χ4n) is 14.9. The zero-order chi connectivity index (χ0) is 68.8. The lowest BCUT2D eigenvalue weighted by Gasteiger charge is -2.36. The predicted molar refractivity (Wildman–Crippen MR) is 367 cm³/mol. The van der Waals surface area contributed by atoms with E-state index >= 15 is 4.39 Å². The van der Waals surface area contributed by atoms with E-state index < -0.39 is 53.3 Å². The molecule has 4 N–H and O–H groups in total. The molecule has 0 radical (unpaired) electrons. The van der Waals surface area contributed by atoms with Gasteiger partial charge in [-0.2, -0.15) is 15.1 Å². The highest BCUT2D eigenvalue weighted by molar-refractivity contribution is 7.13. The van der Waals surface area contributed by atoms with Crippen molar-refractivity contribution in [1.29, 1.82) is 0 Å². The number of Topliss-reactive ketones (excluding diaryl/α,β-unsaturated/α-hetero) is 1. The first kappa shape index (κ1) is 68.4. The fraction of sp³-hybridized carbons (Fsp3) is 0.527. The number of benzene rings is 4. The van der Waals surface area contributed by atoms with Gasteiger partial charge in [-0.25, -0.2) is 18.9 Å². The average molecular weight is 1360 g/mol. The monoisotopic (exact) mass is 1360 g/mol. The number of thiazole rings is 1. The second-order valence-corrected chi connectivity index (χ2v) is 29.6. The Balaban J connectivity index is 0.745. The first-order valence-electron chi connectivity index (χ1n) is 34.7. The average Bonchev–Trinajstić information content (AvgIpc) is 1.40. The molecule has 24 heteroatoms. The van der Waals surface area contributed by atoms with Gasteiger partial charge in [0.25, 0.3) is 5.91 Å². The number of nitrogens with zero attached hydrogens (tertiary/aromatic N) is 8. The van der Waals surface area contributed by atoms with E-state index in [9.17, 15) is 34.2 Å². The summed E-state index contributed by atoms with van der Waals surface area (Å²) in [6.45, 7) is 15.2. The number of aryl methyl sites for hydroxylation is 1. The molecule has 8 atom stereocenters. The molecule has 3 unspecified atom stereocenters. The van der Waals surface area contributed by atoms with Crippen molar-refractivity contribution in [3.05, 3.63) is 112 Å². The van der Waals surface area contributed by atoms with Crippen LogP contribution in [0.25, 0.3) is 43.4 Å². The Labute approximate surface area is 573 Å². The zero-order valence-electron chi connectivity index (χ0n) is 57.1. The van der Waals surface area contributed by atoms with Crippen molar-refractivity contribution in [2.75, 3.05) is 58.0 Å². The van der Waals surface area contributed by atoms with Gasteiger partial charge in [0.05, 0.1) is 83.8 Å². The van der Waals surface area contributed by atoms with Crippen LogP contribution in [0.1, 0.15) is 162 Å². The number of aromatic nitrogens is 5. The molecule has 4 saturated heterocycles. The summed E-state index contributed by atoms with van der Waals surface area (Å²) in [6.07, 6.45) is 6.35. The number of aliphatic hydroxyl groups excluding tert-OH is 2. The van der Waals surface area contributed by atoms with Crippen LogP contribution in [0.4, 0.5) is 15.0 Å². The molecular formula is C74H89FN10O12S. The van der Waals surface area contributed by atoms with Gasteiger partial charge < -0.3 is 59.2 Å². The van der Waals surface area contributed by atoms with Gasteiger partial charge in [0, 0.05) is 92.0 Å². The Morgan fingerprint density at radius 1 is 0.867 bits per heavy atom. The van der Waals surface area contributed by atoms with Crippen molar-refractivity contribution in [3.63, 3.8) is 0 Å². The lowest BCUT2D eigenvalue weighted by molar-refractivity contribution is -0.136. The number of aliphatic hydroxyl groups is 2. The molecule has 520 valence electrons. The number of hydrogen-bond acceptors (Lipinski definition) is 18. The number of fused-ring (bicyclic) bond motifs is 4. The molecule has 3 aromatic heterocycles. The molecular weight excluding hydrogens is 1270 g/mol. The van der Waals surface area contributed by atoms with E-state index in [1.807, 2.05) is 69.0 Å². The molecule has 6 aliphatic rings. The van der Waals surface area contributed by atoms with Gasteiger partial charge in [-0.1, -0.05) is 50.2 Å². The van der Waals surface area contributed by atoms with Crippen molar-refractivity contribution in [1.82, 2.24) is 45.2 Å². The number of ketones is 1. The number of carbonyl (C=O) groups excluding carboxylic acids is 5. The third-order valence-corrected chi connectivity index (χ3v) is 21.2. The number of anilines is 1. The molecule has 7 heterocycles. The van der Waals surface area contributed by atoms with Crippen molar-refractivity contribution in [2.24, 2.45) is 17.8 Å². The molecule has 0 spiro atoms. The Kier molecular flexibility index (Phi) is 19.9. The van der Waals surface area contributed by atoms with Gasteiger partial charge >= 0.3 is 12.1 Å².